The highest BCUT2D eigenvalue weighted by Crippen LogP contribution is 2.14. The molecule has 2 aromatic heterocycles. The monoisotopic (exact) mass is 248 g/mol. The van der Waals surface area contributed by atoms with Crippen LogP contribution in [0.4, 0.5) is 5.13 Å². The Balaban J connectivity index is 1.98. The molecule has 0 bridgehead atoms. The van der Waals surface area contributed by atoms with Crippen LogP contribution in [0.25, 0.3) is 0 Å². The summed E-state index contributed by atoms with van der Waals surface area (Å²) in [5.41, 5.74) is 7.74. The maximum atomic E-state index is 5.62. The van der Waals surface area contributed by atoms with Gasteiger partial charge in [0.05, 0.1) is 11.4 Å². The Morgan fingerprint density at radius 1 is 1.29 bits per heavy atom. The molecule has 0 aliphatic carbocycles. The number of hydrogen-bond acceptors (Lipinski definition) is 5. The van der Waals surface area contributed by atoms with Gasteiger partial charge in [-0.25, -0.2) is 4.98 Å². The first-order valence-electron chi connectivity index (χ1n) is 5.60. The molecule has 0 unspecified atom stereocenters. The molecule has 0 saturated heterocycles. The van der Waals surface area contributed by atoms with Crippen molar-refractivity contribution in [2.24, 2.45) is 0 Å². The molecule has 2 N–H and O–H groups in total. The Morgan fingerprint density at radius 3 is 2.71 bits per heavy atom. The molecule has 17 heavy (non-hydrogen) atoms. The third kappa shape index (κ3) is 3.51. The highest BCUT2D eigenvalue weighted by molar-refractivity contribution is 7.13. The lowest BCUT2D eigenvalue weighted by Crippen LogP contribution is -2.23. The van der Waals surface area contributed by atoms with Crippen LogP contribution in [0.2, 0.25) is 0 Å². The first-order valence-corrected chi connectivity index (χ1v) is 6.48. The van der Waals surface area contributed by atoms with Crippen molar-refractivity contribution in [2.45, 2.75) is 20.0 Å². The van der Waals surface area contributed by atoms with Crippen molar-refractivity contribution in [3.8, 4) is 0 Å². The number of pyridine rings is 1. The second-order valence-corrected chi connectivity index (χ2v) is 4.69. The van der Waals surface area contributed by atoms with E-state index in [2.05, 4.69) is 21.8 Å². The predicted octanol–water partition coefficient (Wildman–Crippen LogP) is 2.14. The fourth-order valence-corrected chi connectivity index (χ4v) is 2.18. The van der Waals surface area contributed by atoms with E-state index in [9.17, 15) is 0 Å². The van der Waals surface area contributed by atoms with Crippen molar-refractivity contribution < 1.29 is 0 Å². The zero-order chi connectivity index (χ0) is 12.1. The van der Waals surface area contributed by atoms with E-state index in [0.29, 0.717) is 5.13 Å². The maximum absolute atomic E-state index is 5.62. The molecule has 2 aromatic rings. The van der Waals surface area contributed by atoms with Gasteiger partial charge < -0.3 is 5.73 Å². The lowest BCUT2D eigenvalue weighted by molar-refractivity contribution is 0.265. The molecular weight excluding hydrogens is 232 g/mol. The van der Waals surface area contributed by atoms with Gasteiger partial charge in [0.2, 0.25) is 0 Å². The van der Waals surface area contributed by atoms with Crippen LogP contribution in [0.1, 0.15) is 18.3 Å². The van der Waals surface area contributed by atoms with Crippen molar-refractivity contribution in [1.29, 1.82) is 0 Å². The Bertz CT molecular complexity index is 455. The summed E-state index contributed by atoms with van der Waals surface area (Å²) in [6.07, 6.45) is 1.82. The molecule has 2 heterocycles. The second kappa shape index (κ2) is 5.75. The minimum absolute atomic E-state index is 0.633. The molecule has 4 nitrogen and oxygen atoms in total. The average Bonchev–Trinajstić information content (AvgIpc) is 2.75. The van der Waals surface area contributed by atoms with Gasteiger partial charge in [0.1, 0.15) is 0 Å². The fraction of sp³-hybridized carbons (Fsp3) is 0.333. The summed E-state index contributed by atoms with van der Waals surface area (Å²) in [5, 5.41) is 2.64. The smallest absolute Gasteiger partial charge is 0.180 e. The minimum Gasteiger partial charge on any atom is -0.375 e. The number of thiazole rings is 1. The van der Waals surface area contributed by atoms with Gasteiger partial charge in [-0.15, -0.1) is 11.3 Å². The summed E-state index contributed by atoms with van der Waals surface area (Å²) in [7, 11) is 0. The number of nitrogens with two attached hydrogens (primary N) is 1. The van der Waals surface area contributed by atoms with E-state index < -0.39 is 0 Å². The molecule has 0 aliphatic heterocycles. The normalized spacial score (nSPS) is 10.9. The summed E-state index contributed by atoms with van der Waals surface area (Å²) in [5.74, 6) is 0. The topological polar surface area (TPSA) is 55.0 Å². The molecule has 2 rings (SSSR count). The molecular formula is C12H16N4S. The number of nitrogens with zero attached hydrogens (tertiary/aromatic N) is 3. The van der Waals surface area contributed by atoms with Crippen LogP contribution in [-0.2, 0) is 13.1 Å². The number of aromatic nitrogens is 2. The van der Waals surface area contributed by atoms with Crippen LogP contribution in [0.15, 0.2) is 29.8 Å². The standard InChI is InChI=1S/C12H16N4S/c1-2-16(7-10-5-3-4-6-14-10)8-11-9-17-12(13)15-11/h3-6,9H,2,7-8H2,1H3,(H2,13,15). The van der Waals surface area contributed by atoms with Gasteiger partial charge in [0.25, 0.3) is 0 Å². The highest BCUT2D eigenvalue weighted by Gasteiger charge is 2.07. The van der Waals surface area contributed by atoms with Crippen molar-refractivity contribution in [2.75, 3.05) is 12.3 Å². The molecule has 0 saturated carbocycles. The quantitative estimate of drug-likeness (QED) is 0.881. The number of rotatable bonds is 5. The Hall–Kier alpha value is -1.46. The minimum atomic E-state index is 0.633. The molecule has 0 amide bonds. The van der Waals surface area contributed by atoms with Crippen molar-refractivity contribution in [3.05, 3.63) is 41.2 Å². The van der Waals surface area contributed by atoms with Gasteiger partial charge in [0, 0.05) is 24.7 Å². The largest absolute Gasteiger partial charge is 0.375 e. The fourth-order valence-electron chi connectivity index (χ4n) is 1.62. The third-order valence-electron chi connectivity index (χ3n) is 2.51. The van der Waals surface area contributed by atoms with Gasteiger partial charge in [-0.3, -0.25) is 9.88 Å². The van der Waals surface area contributed by atoms with Crippen LogP contribution in [0, 0.1) is 0 Å². The number of hydrogen-bond donors (Lipinski definition) is 1. The summed E-state index contributed by atoms with van der Waals surface area (Å²) in [6.45, 7) is 4.77. The molecule has 0 fully saturated rings. The van der Waals surface area contributed by atoms with Crippen molar-refractivity contribution >= 4 is 16.5 Å². The highest BCUT2D eigenvalue weighted by atomic mass is 32.1. The molecule has 90 valence electrons. The first-order chi connectivity index (χ1) is 8.28. The van der Waals surface area contributed by atoms with Crippen LogP contribution < -0.4 is 5.73 Å². The van der Waals surface area contributed by atoms with Crippen LogP contribution in [-0.4, -0.2) is 21.4 Å². The summed E-state index contributed by atoms with van der Waals surface area (Å²) in [6, 6.07) is 5.98. The SMILES string of the molecule is CCN(Cc1ccccn1)Cc1csc(N)n1. The second-order valence-electron chi connectivity index (χ2n) is 3.80. The van der Waals surface area contributed by atoms with Crippen molar-refractivity contribution in [3.63, 3.8) is 0 Å². The van der Waals surface area contributed by atoms with Gasteiger partial charge in [-0.2, -0.15) is 0 Å². The van der Waals surface area contributed by atoms with E-state index in [1.165, 1.54) is 11.3 Å². The molecule has 0 atom stereocenters. The zero-order valence-electron chi connectivity index (χ0n) is 9.84. The molecule has 0 aromatic carbocycles. The van der Waals surface area contributed by atoms with Crippen LogP contribution in [0.3, 0.4) is 0 Å². The Labute approximate surface area is 105 Å². The third-order valence-corrected chi connectivity index (χ3v) is 3.24. The first kappa shape index (κ1) is 12.0. The summed E-state index contributed by atoms with van der Waals surface area (Å²) >= 11 is 1.49. The van der Waals surface area contributed by atoms with Gasteiger partial charge >= 0.3 is 0 Å². The molecule has 5 heteroatoms. The maximum Gasteiger partial charge on any atom is 0.180 e. The average molecular weight is 248 g/mol. The van der Waals surface area contributed by atoms with Crippen LogP contribution in [0.5, 0.6) is 0 Å². The summed E-state index contributed by atoms with van der Waals surface area (Å²) in [4.78, 5) is 10.9. The van der Waals surface area contributed by atoms with Gasteiger partial charge in [-0.1, -0.05) is 13.0 Å². The Kier molecular flexibility index (Phi) is 4.06. The van der Waals surface area contributed by atoms with E-state index in [4.69, 9.17) is 5.73 Å². The number of anilines is 1. The zero-order valence-corrected chi connectivity index (χ0v) is 10.7. The number of nitrogen functional groups attached to an aromatic ring is 1. The molecule has 0 spiro atoms. The van der Waals surface area contributed by atoms with Crippen molar-refractivity contribution in [1.82, 2.24) is 14.9 Å². The Morgan fingerprint density at radius 2 is 2.12 bits per heavy atom. The van der Waals surface area contributed by atoms with Gasteiger partial charge in [0.15, 0.2) is 5.13 Å². The van der Waals surface area contributed by atoms with E-state index >= 15 is 0 Å². The molecule has 0 aliphatic rings. The van der Waals surface area contributed by atoms with E-state index in [1.54, 1.807) is 0 Å². The van der Waals surface area contributed by atoms with E-state index in [-0.39, 0.29) is 0 Å². The predicted molar refractivity (Wildman–Crippen MR) is 70.6 cm³/mol. The lowest BCUT2D eigenvalue weighted by atomic mass is 10.3. The summed E-state index contributed by atoms with van der Waals surface area (Å²) < 4.78 is 0. The van der Waals surface area contributed by atoms with E-state index in [1.807, 2.05) is 29.8 Å². The van der Waals surface area contributed by atoms with E-state index in [0.717, 1.165) is 31.0 Å². The van der Waals surface area contributed by atoms with Gasteiger partial charge in [-0.05, 0) is 18.7 Å². The molecule has 0 radical (unpaired) electrons. The lowest BCUT2D eigenvalue weighted by Gasteiger charge is -2.18. The van der Waals surface area contributed by atoms with Crippen LogP contribution >= 0.6 is 11.3 Å².